The fourth-order valence-corrected chi connectivity index (χ4v) is 1.61. The van der Waals surface area contributed by atoms with Crippen molar-refractivity contribution < 1.29 is 13.9 Å². The summed E-state index contributed by atoms with van der Waals surface area (Å²) in [6, 6.07) is 11.0. The summed E-state index contributed by atoms with van der Waals surface area (Å²) in [6.45, 7) is 0.704. The van der Waals surface area contributed by atoms with E-state index in [2.05, 4.69) is 5.32 Å². The van der Waals surface area contributed by atoms with Crippen LogP contribution in [0.1, 0.15) is 11.3 Å². The summed E-state index contributed by atoms with van der Waals surface area (Å²) in [7, 11) is 0. The van der Waals surface area contributed by atoms with Crippen LogP contribution in [-0.4, -0.2) is 12.5 Å². The number of benzene rings is 1. The van der Waals surface area contributed by atoms with E-state index >= 15 is 0 Å². The Morgan fingerprint density at radius 1 is 1.32 bits per heavy atom. The van der Waals surface area contributed by atoms with E-state index in [0.29, 0.717) is 12.3 Å². The molecule has 0 bridgehead atoms. The van der Waals surface area contributed by atoms with Gasteiger partial charge in [-0.15, -0.1) is 0 Å². The fraction of sp³-hybridized carbons (Fsp3) is 0.214. The lowest BCUT2D eigenvalue weighted by Crippen LogP contribution is -2.18. The van der Waals surface area contributed by atoms with Crippen molar-refractivity contribution in [3.63, 3.8) is 0 Å². The van der Waals surface area contributed by atoms with Gasteiger partial charge in [0, 0.05) is 12.2 Å². The summed E-state index contributed by atoms with van der Waals surface area (Å²) < 4.78 is 10.3. The molecule has 1 amide bonds. The maximum Gasteiger partial charge on any atom is 0.250 e. The van der Waals surface area contributed by atoms with Crippen LogP contribution in [0.4, 0.5) is 5.69 Å². The number of rotatable bonds is 6. The van der Waals surface area contributed by atoms with Gasteiger partial charge in [-0.05, 0) is 29.8 Å². The van der Waals surface area contributed by atoms with Gasteiger partial charge in [0.05, 0.1) is 6.26 Å². The number of amides is 1. The highest BCUT2D eigenvalue weighted by Gasteiger charge is 2.04. The summed E-state index contributed by atoms with van der Waals surface area (Å²) >= 11 is 0. The topological polar surface area (TPSA) is 77.5 Å². The molecule has 0 aliphatic rings. The zero-order chi connectivity index (χ0) is 13.5. The molecule has 5 nitrogen and oxygen atoms in total. The quantitative estimate of drug-likeness (QED) is 0.831. The maximum absolute atomic E-state index is 11.6. The molecule has 0 radical (unpaired) electrons. The number of carbonyl (C=O) groups is 1. The number of carbonyl (C=O) groups excluding carboxylic acids is 1. The van der Waals surface area contributed by atoms with Crippen molar-refractivity contribution in [1.29, 1.82) is 0 Å². The molecule has 0 aliphatic carbocycles. The molecule has 5 heteroatoms. The van der Waals surface area contributed by atoms with E-state index in [4.69, 9.17) is 14.9 Å². The van der Waals surface area contributed by atoms with E-state index in [-0.39, 0.29) is 19.1 Å². The molecule has 19 heavy (non-hydrogen) atoms. The van der Waals surface area contributed by atoms with E-state index in [9.17, 15) is 4.79 Å². The van der Waals surface area contributed by atoms with Gasteiger partial charge >= 0.3 is 0 Å². The Kier molecular flexibility index (Phi) is 4.72. The van der Waals surface area contributed by atoms with E-state index < -0.39 is 0 Å². The zero-order valence-corrected chi connectivity index (χ0v) is 10.5. The first-order chi connectivity index (χ1) is 9.28. The molecular formula is C14H16N2O3. The SMILES string of the molecule is NCc1cccc(NC(=O)COCc2ccco2)c1. The average Bonchev–Trinajstić information content (AvgIpc) is 2.92. The third-order valence-electron chi connectivity index (χ3n) is 2.50. The van der Waals surface area contributed by atoms with Gasteiger partial charge in [0.25, 0.3) is 0 Å². The van der Waals surface area contributed by atoms with Gasteiger partial charge in [0.15, 0.2) is 0 Å². The minimum atomic E-state index is -0.208. The van der Waals surface area contributed by atoms with Crippen LogP contribution in [0.5, 0.6) is 0 Å². The van der Waals surface area contributed by atoms with Crippen LogP contribution in [-0.2, 0) is 22.7 Å². The van der Waals surface area contributed by atoms with Gasteiger partial charge < -0.3 is 20.2 Å². The first-order valence-corrected chi connectivity index (χ1v) is 5.97. The second kappa shape index (κ2) is 6.72. The number of hydrogen-bond acceptors (Lipinski definition) is 4. The number of anilines is 1. The molecule has 0 atom stereocenters. The molecule has 1 aromatic heterocycles. The monoisotopic (exact) mass is 260 g/mol. The first kappa shape index (κ1) is 13.3. The lowest BCUT2D eigenvalue weighted by atomic mass is 10.2. The standard InChI is InChI=1S/C14H16N2O3/c15-8-11-3-1-4-12(7-11)16-14(17)10-18-9-13-5-2-6-19-13/h1-7H,8-10,15H2,(H,16,17). The summed E-state index contributed by atoms with van der Waals surface area (Å²) in [4.78, 5) is 11.6. The molecule has 0 aliphatic heterocycles. The van der Waals surface area contributed by atoms with Crippen LogP contribution in [0.25, 0.3) is 0 Å². The van der Waals surface area contributed by atoms with E-state index in [0.717, 1.165) is 11.3 Å². The molecule has 100 valence electrons. The molecule has 1 aromatic carbocycles. The van der Waals surface area contributed by atoms with Gasteiger partial charge in [-0.3, -0.25) is 4.79 Å². The summed E-state index contributed by atoms with van der Waals surface area (Å²) in [6.07, 6.45) is 1.57. The summed E-state index contributed by atoms with van der Waals surface area (Å²) in [5.74, 6) is 0.485. The maximum atomic E-state index is 11.6. The van der Waals surface area contributed by atoms with Crippen molar-refractivity contribution in [1.82, 2.24) is 0 Å². The number of ether oxygens (including phenoxy) is 1. The minimum Gasteiger partial charge on any atom is -0.467 e. The highest BCUT2D eigenvalue weighted by Crippen LogP contribution is 2.10. The second-order valence-electron chi connectivity index (χ2n) is 4.02. The van der Waals surface area contributed by atoms with Crippen molar-refractivity contribution in [2.24, 2.45) is 5.73 Å². The number of nitrogens with one attached hydrogen (secondary N) is 1. The molecule has 0 saturated heterocycles. The Bertz CT molecular complexity index is 523. The Morgan fingerprint density at radius 3 is 2.95 bits per heavy atom. The Labute approximate surface area is 111 Å². The second-order valence-corrected chi connectivity index (χ2v) is 4.02. The number of hydrogen-bond donors (Lipinski definition) is 2. The molecule has 0 spiro atoms. The van der Waals surface area contributed by atoms with Crippen molar-refractivity contribution >= 4 is 11.6 Å². The highest BCUT2D eigenvalue weighted by atomic mass is 16.5. The zero-order valence-electron chi connectivity index (χ0n) is 10.5. The van der Waals surface area contributed by atoms with Crippen molar-refractivity contribution in [3.05, 3.63) is 54.0 Å². The van der Waals surface area contributed by atoms with Gasteiger partial charge in [0.2, 0.25) is 5.91 Å². The first-order valence-electron chi connectivity index (χ1n) is 5.97. The van der Waals surface area contributed by atoms with Gasteiger partial charge in [-0.25, -0.2) is 0 Å². The Hall–Kier alpha value is -2.11. The summed E-state index contributed by atoms with van der Waals surface area (Å²) in [5, 5.41) is 2.75. The predicted molar refractivity (Wildman–Crippen MR) is 71.3 cm³/mol. The molecule has 0 fully saturated rings. The van der Waals surface area contributed by atoms with Gasteiger partial charge in [0.1, 0.15) is 19.0 Å². The van der Waals surface area contributed by atoms with Crippen LogP contribution >= 0.6 is 0 Å². The largest absolute Gasteiger partial charge is 0.467 e. The highest BCUT2D eigenvalue weighted by molar-refractivity contribution is 5.91. The van der Waals surface area contributed by atoms with Crippen molar-refractivity contribution in [2.75, 3.05) is 11.9 Å². The molecule has 3 N–H and O–H groups in total. The van der Waals surface area contributed by atoms with Gasteiger partial charge in [-0.1, -0.05) is 12.1 Å². The van der Waals surface area contributed by atoms with Gasteiger partial charge in [-0.2, -0.15) is 0 Å². The third kappa shape index (κ3) is 4.24. The molecular weight excluding hydrogens is 244 g/mol. The third-order valence-corrected chi connectivity index (χ3v) is 2.50. The molecule has 2 rings (SSSR count). The smallest absolute Gasteiger partial charge is 0.250 e. The molecule has 0 unspecified atom stereocenters. The average molecular weight is 260 g/mol. The van der Waals surface area contributed by atoms with Crippen LogP contribution in [0.3, 0.4) is 0 Å². The lowest BCUT2D eigenvalue weighted by Gasteiger charge is -2.06. The fourth-order valence-electron chi connectivity index (χ4n) is 1.61. The predicted octanol–water partition coefficient (Wildman–Crippen LogP) is 1.89. The Morgan fingerprint density at radius 2 is 2.21 bits per heavy atom. The summed E-state index contributed by atoms with van der Waals surface area (Å²) in [5.41, 5.74) is 7.22. The van der Waals surface area contributed by atoms with E-state index in [1.807, 2.05) is 24.3 Å². The molecule has 1 heterocycles. The molecule has 0 saturated carbocycles. The Balaban J connectivity index is 1.77. The number of nitrogens with two attached hydrogens (primary N) is 1. The van der Waals surface area contributed by atoms with Crippen LogP contribution in [0.2, 0.25) is 0 Å². The van der Waals surface area contributed by atoms with Crippen LogP contribution in [0.15, 0.2) is 47.1 Å². The van der Waals surface area contributed by atoms with E-state index in [1.165, 1.54) is 0 Å². The lowest BCUT2D eigenvalue weighted by molar-refractivity contribution is -0.121. The molecule has 2 aromatic rings. The van der Waals surface area contributed by atoms with Crippen molar-refractivity contribution in [3.8, 4) is 0 Å². The van der Waals surface area contributed by atoms with Crippen LogP contribution < -0.4 is 11.1 Å². The minimum absolute atomic E-state index is 0.0203. The normalized spacial score (nSPS) is 10.4. The van der Waals surface area contributed by atoms with Crippen LogP contribution in [0, 0.1) is 0 Å². The van der Waals surface area contributed by atoms with Crippen molar-refractivity contribution in [2.45, 2.75) is 13.2 Å². The number of furan rings is 1. The van der Waals surface area contributed by atoms with E-state index in [1.54, 1.807) is 18.4 Å².